The quantitative estimate of drug-likeness (QED) is 0.933. The zero-order chi connectivity index (χ0) is 13.0. The van der Waals surface area contributed by atoms with E-state index in [1.54, 1.807) is 25.6 Å². The van der Waals surface area contributed by atoms with Crippen molar-refractivity contribution in [1.82, 2.24) is 9.97 Å². The summed E-state index contributed by atoms with van der Waals surface area (Å²) in [4.78, 5) is 8.24. The molecule has 1 N–H and O–H groups in total. The van der Waals surface area contributed by atoms with E-state index in [1.165, 1.54) is 0 Å². The first-order chi connectivity index (χ1) is 8.69. The van der Waals surface area contributed by atoms with Crippen LogP contribution < -0.4 is 10.1 Å². The van der Waals surface area contributed by atoms with Crippen LogP contribution in [-0.4, -0.2) is 17.1 Å². The lowest BCUT2D eigenvalue weighted by Gasteiger charge is -2.08. The molecule has 0 unspecified atom stereocenters. The van der Waals surface area contributed by atoms with E-state index in [2.05, 4.69) is 31.2 Å². The summed E-state index contributed by atoms with van der Waals surface area (Å²) in [7, 11) is 1.59. The molecule has 0 amide bonds. The molecule has 0 atom stereocenters. The lowest BCUT2D eigenvalue weighted by Crippen LogP contribution is -2.02. The first-order valence-electron chi connectivity index (χ1n) is 5.23. The molecule has 2 aromatic heterocycles. The van der Waals surface area contributed by atoms with Crippen LogP contribution in [-0.2, 0) is 6.54 Å². The van der Waals surface area contributed by atoms with E-state index in [4.69, 9.17) is 16.3 Å². The summed E-state index contributed by atoms with van der Waals surface area (Å²) in [6.45, 7) is 0.604. The second-order valence-electron chi connectivity index (χ2n) is 3.54. The third-order valence-electron chi connectivity index (χ3n) is 2.28. The Morgan fingerprint density at radius 1 is 1.39 bits per heavy atom. The molecule has 0 aliphatic carbocycles. The smallest absolute Gasteiger partial charge is 0.213 e. The maximum Gasteiger partial charge on any atom is 0.213 e. The van der Waals surface area contributed by atoms with Crippen LogP contribution in [0.15, 0.2) is 35.1 Å². The van der Waals surface area contributed by atoms with E-state index in [1.807, 2.05) is 12.1 Å². The third-order valence-corrected chi connectivity index (χ3v) is 3.00. The van der Waals surface area contributed by atoms with Gasteiger partial charge < -0.3 is 10.1 Å². The van der Waals surface area contributed by atoms with Crippen molar-refractivity contribution in [2.24, 2.45) is 0 Å². The SMILES string of the molecule is COc1cc(CNc2ncc(Br)cc2Cl)ccn1. The fraction of sp³-hybridized carbons (Fsp3) is 0.167. The predicted molar refractivity (Wildman–Crippen MR) is 75.1 cm³/mol. The van der Waals surface area contributed by atoms with Crippen molar-refractivity contribution >= 4 is 33.3 Å². The van der Waals surface area contributed by atoms with E-state index >= 15 is 0 Å². The number of halogens is 2. The molecular formula is C12H11BrClN3O. The largest absolute Gasteiger partial charge is 0.481 e. The topological polar surface area (TPSA) is 47.0 Å². The highest BCUT2D eigenvalue weighted by molar-refractivity contribution is 9.10. The highest BCUT2D eigenvalue weighted by Gasteiger charge is 2.03. The number of nitrogens with zero attached hydrogens (tertiary/aromatic N) is 2. The van der Waals surface area contributed by atoms with Gasteiger partial charge in [0.1, 0.15) is 5.82 Å². The molecule has 0 aliphatic heterocycles. The number of nitrogens with one attached hydrogen (secondary N) is 1. The number of ether oxygens (including phenoxy) is 1. The van der Waals surface area contributed by atoms with Gasteiger partial charge >= 0.3 is 0 Å². The molecule has 0 radical (unpaired) electrons. The monoisotopic (exact) mass is 327 g/mol. The molecule has 0 bridgehead atoms. The summed E-state index contributed by atoms with van der Waals surface area (Å²) in [6, 6.07) is 5.56. The minimum atomic E-state index is 0.574. The van der Waals surface area contributed by atoms with Crippen LogP contribution in [0.25, 0.3) is 0 Å². The Morgan fingerprint density at radius 2 is 2.22 bits per heavy atom. The summed E-state index contributed by atoms with van der Waals surface area (Å²) >= 11 is 9.37. The molecule has 2 heterocycles. The van der Waals surface area contributed by atoms with Gasteiger partial charge in [-0.05, 0) is 33.6 Å². The Labute approximate surface area is 118 Å². The van der Waals surface area contributed by atoms with E-state index in [0.717, 1.165) is 10.0 Å². The van der Waals surface area contributed by atoms with Crippen molar-refractivity contribution in [3.8, 4) is 5.88 Å². The minimum absolute atomic E-state index is 0.574. The Bertz CT molecular complexity index is 551. The maximum atomic E-state index is 6.06. The molecular weight excluding hydrogens is 318 g/mol. The average molecular weight is 329 g/mol. The van der Waals surface area contributed by atoms with Crippen molar-refractivity contribution in [3.05, 3.63) is 45.7 Å². The van der Waals surface area contributed by atoms with Crippen molar-refractivity contribution < 1.29 is 4.74 Å². The van der Waals surface area contributed by atoms with Gasteiger partial charge in [0.25, 0.3) is 0 Å². The van der Waals surface area contributed by atoms with E-state index in [0.29, 0.717) is 23.3 Å². The van der Waals surface area contributed by atoms with E-state index in [9.17, 15) is 0 Å². The molecule has 18 heavy (non-hydrogen) atoms. The number of methoxy groups -OCH3 is 1. The zero-order valence-corrected chi connectivity index (χ0v) is 12.0. The molecule has 0 aromatic carbocycles. The number of anilines is 1. The standard InChI is InChI=1S/C12H11BrClN3O/c1-18-11-4-8(2-3-15-11)6-16-12-10(14)5-9(13)7-17-12/h2-5,7H,6H2,1H3,(H,16,17). The molecule has 4 nitrogen and oxygen atoms in total. The van der Waals surface area contributed by atoms with Crippen LogP contribution in [0.5, 0.6) is 5.88 Å². The molecule has 94 valence electrons. The molecule has 6 heteroatoms. The molecule has 0 fully saturated rings. The second-order valence-corrected chi connectivity index (χ2v) is 4.87. The first kappa shape index (κ1) is 13.1. The van der Waals surface area contributed by atoms with Crippen molar-refractivity contribution in [1.29, 1.82) is 0 Å². The molecule has 0 spiro atoms. The fourth-order valence-electron chi connectivity index (χ4n) is 1.40. The molecule has 2 aromatic rings. The van der Waals surface area contributed by atoms with Gasteiger partial charge in [-0.1, -0.05) is 11.6 Å². The highest BCUT2D eigenvalue weighted by atomic mass is 79.9. The van der Waals surface area contributed by atoms with Crippen LogP contribution in [0, 0.1) is 0 Å². The summed E-state index contributed by atoms with van der Waals surface area (Å²) in [5, 5.41) is 3.73. The number of aromatic nitrogens is 2. The van der Waals surface area contributed by atoms with Gasteiger partial charge in [-0.25, -0.2) is 9.97 Å². The minimum Gasteiger partial charge on any atom is -0.481 e. The molecule has 2 rings (SSSR count). The number of rotatable bonds is 4. The number of pyridine rings is 2. The van der Waals surface area contributed by atoms with Crippen LogP contribution in [0.4, 0.5) is 5.82 Å². The van der Waals surface area contributed by atoms with E-state index in [-0.39, 0.29) is 0 Å². The zero-order valence-electron chi connectivity index (χ0n) is 9.65. The van der Waals surface area contributed by atoms with Gasteiger partial charge in [0, 0.05) is 29.5 Å². The van der Waals surface area contributed by atoms with Crippen LogP contribution in [0.2, 0.25) is 5.02 Å². The normalized spacial score (nSPS) is 10.2. The predicted octanol–water partition coefficient (Wildman–Crippen LogP) is 3.51. The second kappa shape index (κ2) is 6.02. The van der Waals surface area contributed by atoms with E-state index < -0.39 is 0 Å². The molecule has 0 saturated carbocycles. The summed E-state index contributed by atoms with van der Waals surface area (Å²) < 4.78 is 5.91. The number of hydrogen-bond acceptors (Lipinski definition) is 4. The summed E-state index contributed by atoms with van der Waals surface area (Å²) in [6.07, 6.45) is 3.40. The Hall–Kier alpha value is -1.33. The highest BCUT2D eigenvalue weighted by Crippen LogP contribution is 2.23. The van der Waals surface area contributed by atoms with Gasteiger partial charge in [0.05, 0.1) is 12.1 Å². The lowest BCUT2D eigenvalue weighted by atomic mass is 10.2. The molecule has 0 aliphatic rings. The third kappa shape index (κ3) is 3.34. The van der Waals surface area contributed by atoms with Crippen LogP contribution in [0.3, 0.4) is 0 Å². The Morgan fingerprint density at radius 3 is 2.94 bits per heavy atom. The molecule has 0 saturated heterocycles. The van der Waals surface area contributed by atoms with Crippen molar-refractivity contribution in [3.63, 3.8) is 0 Å². The van der Waals surface area contributed by atoms with Gasteiger partial charge in [0.2, 0.25) is 5.88 Å². The van der Waals surface area contributed by atoms with Gasteiger partial charge in [-0.2, -0.15) is 0 Å². The Balaban J connectivity index is 2.06. The summed E-state index contributed by atoms with van der Waals surface area (Å²) in [5.74, 6) is 1.24. The van der Waals surface area contributed by atoms with Gasteiger partial charge in [-0.3, -0.25) is 0 Å². The fourth-order valence-corrected chi connectivity index (χ4v) is 2.10. The van der Waals surface area contributed by atoms with Gasteiger partial charge in [0.15, 0.2) is 0 Å². The number of hydrogen-bond donors (Lipinski definition) is 1. The van der Waals surface area contributed by atoms with Crippen LogP contribution >= 0.6 is 27.5 Å². The maximum absolute atomic E-state index is 6.06. The summed E-state index contributed by atoms with van der Waals surface area (Å²) in [5.41, 5.74) is 1.04. The van der Waals surface area contributed by atoms with Crippen molar-refractivity contribution in [2.45, 2.75) is 6.54 Å². The van der Waals surface area contributed by atoms with Crippen molar-refractivity contribution in [2.75, 3.05) is 12.4 Å². The van der Waals surface area contributed by atoms with Gasteiger partial charge in [-0.15, -0.1) is 0 Å². The average Bonchev–Trinajstić information content (AvgIpc) is 2.38. The lowest BCUT2D eigenvalue weighted by molar-refractivity contribution is 0.397. The first-order valence-corrected chi connectivity index (χ1v) is 6.40. The van der Waals surface area contributed by atoms with Crippen LogP contribution in [0.1, 0.15) is 5.56 Å². The Kier molecular flexibility index (Phi) is 4.38.